The number of thiophene rings is 1. The second-order valence-electron chi connectivity index (χ2n) is 3.82. The van der Waals surface area contributed by atoms with E-state index in [4.69, 9.17) is 11.6 Å². The molecule has 1 heterocycles. The first-order valence-corrected chi connectivity index (χ1v) is 7.34. The molecular weight excluding hydrogens is 318 g/mol. The molecule has 2 rings (SSSR count). The summed E-state index contributed by atoms with van der Waals surface area (Å²) in [6, 6.07) is 12.8. The van der Waals surface area contributed by atoms with E-state index in [1.807, 2.05) is 19.2 Å². The maximum Gasteiger partial charge on any atom is 0.0931 e. The van der Waals surface area contributed by atoms with E-state index < -0.39 is 0 Å². The maximum atomic E-state index is 5.97. The highest BCUT2D eigenvalue weighted by molar-refractivity contribution is 9.10. The van der Waals surface area contributed by atoms with Gasteiger partial charge in [0.25, 0.3) is 0 Å². The molecule has 0 saturated carbocycles. The van der Waals surface area contributed by atoms with Crippen LogP contribution in [0.3, 0.4) is 0 Å². The molecule has 1 unspecified atom stereocenters. The van der Waals surface area contributed by atoms with Crippen molar-refractivity contribution in [3.8, 4) is 0 Å². The van der Waals surface area contributed by atoms with Crippen LogP contribution in [-0.4, -0.2) is 7.05 Å². The molecule has 17 heavy (non-hydrogen) atoms. The maximum absolute atomic E-state index is 5.97. The van der Waals surface area contributed by atoms with Gasteiger partial charge in [-0.05, 0) is 43.3 Å². The molecule has 2 aromatic rings. The van der Waals surface area contributed by atoms with Crippen LogP contribution < -0.4 is 5.32 Å². The predicted octanol–water partition coefficient (Wildman–Crippen LogP) is 4.67. The summed E-state index contributed by atoms with van der Waals surface area (Å²) in [6.45, 7) is 0. The lowest BCUT2D eigenvalue weighted by Gasteiger charge is -2.14. The lowest BCUT2D eigenvalue weighted by atomic mass is 10.1. The van der Waals surface area contributed by atoms with Crippen LogP contribution in [0.25, 0.3) is 0 Å². The Morgan fingerprint density at radius 3 is 2.76 bits per heavy atom. The fraction of sp³-hybridized carbons (Fsp3) is 0.231. The Hall–Kier alpha value is -0.350. The summed E-state index contributed by atoms with van der Waals surface area (Å²) >= 11 is 11.1. The number of hydrogen-bond acceptors (Lipinski definition) is 2. The molecule has 0 spiro atoms. The van der Waals surface area contributed by atoms with Crippen LogP contribution in [0, 0.1) is 0 Å². The van der Waals surface area contributed by atoms with Crippen molar-refractivity contribution < 1.29 is 0 Å². The van der Waals surface area contributed by atoms with E-state index in [0.29, 0.717) is 6.04 Å². The van der Waals surface area contributed by atoms with Gasteiger partial charge >= 0.3 is 0 Å². The van der Waals surface area contributed by atoms with Gasteiger partial charge in [0.05, 0.1) is 4.34 Å². The van der Waals surface area contributed by atoms with E-state index in [9.17, 15) is 0 Å². The molecule has 0 aliphatic heterocycles. The molecule has 1 atom stereocenters. The van der Waals surface area contributed by atoms with Crippen molar-refractivity contribution in [2.24, 2.45) is 0 Å². The van der Waals surface area contributed by atoms with Gasteiger partial charge in [-0.15, -0.1) is 11.3 Å². The molecule has 0 fully saturated rings. The van der Waals surface area contributed by atoms with Gasteiger partial charge in [-0.25, -0.2) is 0 Å². The lowest BCUT2D eigenvalue weighted by Crippen LogP contribution is -2.17. The van der Waals surface area contributed by atoms with Crippen molar-refractivity contribution in [1.82, 2.24) is 5.32 Å². The SMILES string of the molecule is CNC(Cc1cccc(Br)c1)c1ccc(Cl)s1. The van der Waals surface area contributed by atoms with Crippen molar-refractivity contribution in [1.29, 1.82) is 0 Å². The van der Waals surface area contributed by atoms with Crippen molar-refractivity contribution in [3.63, 3.8) is 0 Å². The molecule has 1 nitrogen and oxygen atoms in total. The number of benzene rings is 1. The summed E-state index contributed by atoms with van der Waals surface area (Å²) < 4.78 is 1.96. The first kappa shape index (κ1) is 13.1. The van der Waals surface area contributed by atoms with Gasteiger partial charge in [0.15, 0.2) is 0 Å². The normalized spacial score (nSPS) is 12.6. The molecule has 0 aliphatic carbocycles. The fourth-order valence-electron chi connectivity index (χ4n) is 1.76. The Kier molecular flexibility index (Phi) is 4.62. The zero-order chi connectivity index (χ0) is 12.3. The molecule has 0 aliphatic rings. The third-order valence-corrected chi connectivity index (χ3v) is 4.45. The van der Waals surface area contributed by atoms with Gasteiger partial charge in [-0.3, -0.25) is 0 Å². The summed E-state index contributed by atoms with van der Waals surface area (Å²) in [7, 11) is 1.98. The Morgan fingerprint density at radius 1 is 1.35 bits per heavy atom. The van der Waals surface area contributed by atoms with Crippen LogP contribution in [0.5, 0.6) is 0 Å². The van der Waals surface area contributed by atoms with E-state index in [2.05, 4.69) is 45.5 Å². The molecule has 0 radical (unpaired) electrons. The Labute approximate surface area is 119 Å². The third kappa shape index (κ3) is 3.55. The number of hydrogen-bond donors (Lipinski definition) is 1. The summed E-state index contributed by atoms with van der Waals surface area (Å²) in [4.78, 5) is 1.28. The highest BCUT2D eigenvalue weighted by Crippen LogP contribution is 2.29. The van der Waals surface area contributed by atoms with E-state index in [1.54, 1.807) is 11.3 Å². The van der Waals surface area contributed by atoms with Crippen LogP contribution in [0.1, 0.15) is 16.5 Å². The molecular formula is C13H13BrClNS. The second kappa shape index (κ2) is 6.01. The molecule has 1 aromatic heterocycles. The average Bonchev–Trinajstić information content (AvgIpc) is 2.73. The minimum Gasteiger partial charge on any atom is -0.312 e. The number of likely N-dealkylation sites (N-methyl/N-ethyl adjacent to an activating group) is 1. The molecule has 1 aromatic carbocycles. The zero-order valence-corrected chi connectivity index (χ0v) is 12.6. The highest BCUT2D eigenvalue weighted by atomic mass is 79.9. The summed E-state index contributed by atoms with van der Waals surface area (Å²) in [5.41, 5.74) is 1.31. The third-order valence-electron chi connectivity index (χ3n) is 2.61. The monoisotopic (exact) mass is 329 g/mol. The summed E-state index contributed by atoms with van der Waals surface area (Å²) in [6.07, 6.45) is 0.965. The van der Waals surface area contributed by atoms with E-state index in [1.165, 1.54) is 10.4 Å². The highest BCUT2D eigenvalue weighted by Gasteiger charge is 2.12. The quantitative estimate of drug-likeness (QED) is 0.859. The van der Waals surface area contributed by atoms with Crippen molar-refractivity contribution >= 4 is 38.9 Å². The van der Waals surface area contributed by atoms with Gasteiger partial charge in [0, 0.05) is 15.4 Å². The van der Waals surface area contributed by atoms with Crippen LogP contribution in [-0.2, 0) is 6.42 Å². The smallest absolute Gasteiger partial charge is 0.0931 e. The van der Waals surface area contributed by atoms with Crippen LogP contribution in [0.4, 0.5) is 0 Å². The van der Waals surface area contributed by atoms with Crippen LogP contribution >= 0.6 is 38.9 Å². The van der Waals surface area contributed by atoms with E-state index in [0.717, 1.165) is 15.2 Å². The van der Waals surface area contributed by atoms with Gasteiger partial charge in [-0.2, -0.15) is 0 Å². The minimum atomic E-state index is 0.321. The van der Waals surface area contributed by atoms with Gasteiger partial charge in [0.1, 0.15) is 0 Å². The first-order valence-electron chi connectivity index (χ1n) is 5.36. The van der Waals surface area contributed by atoms with Gasteiger partial charge in [0.2, 0.25) is 0 Å². The van der Waals surface area contributed by atoms with Crippen molar-refractivity contribution in [2.45, 2.75) is 12.5 Å². The Bertz CT molecular complexity index is 498. The Morgan fingerprint density at radius 2 is 2.18 bits per heavy atom. The first-order chi connectivity index (χ1) is 8.19. The molecule has 0 bridgehead atoms. The Balaban J connectivity index is 2.15. The average molecular weight is 331 g/mol. The van der Waals surface area contributed by atoms with Crippen molar-refractivity contribution in [3.05, 3.63) is 55.6 Å². The molecule has 0 amide bonds. The topological polar surface area (TPSA) is 12.0 Å². The van der Waals surface area contributed by atoms with Crippen LogP contribution in [0.15, 0.2) is 40.9 Å². The molecule has 90 valence electrons. The van der Waals surface area contributed by atoms with E-state index in [-0.39, 0.29) is 0 Å². The van der Waals surface area contributed by atoms with Crippen LogP contribution in [0.2, 0.25) is 4.34 Å². The number of halogens is 2. The lowest BCUT2D eigenvalue weighted by molar-refractivity contribution is 0.602. The van der Waals surface area contributed by atoms with Crippen molar-refractivity contribution in [2.75, 3.05) is 7.05 Å². The molecule has 4 heteroatoms. The second-order valence-corrected chi connectivity index (χ2v) is 6.48. The van der Waals surface area contributed by atoms with E-state index >= 15 is 0 Å². The molecule has 0 saturated heterocycles. The standard InChI is InChI=1S/C13H13BrClNS/c1-16-11(12-5-6-13(15)17-12)8-9-3-2-4-10(14)7-9/h2-7,11,16H,8H2,1H3. The summed E-state index contributed by atoms with van der Waals surface area (Å²) in [5.74, 6) is 0. The predicted molar refractivity (Wildman–Crippen MR) is 79.0 cm³/mol. The zero-order valence-electron chi connectivity index (χ0n) is 9.41. The fourth-order valence-corrected chi connectivity index (χ4v) is 3.38. The number of rotatable bonds is 4. The van der Waals surface area contributed by atoms with Gasteiger partial charge < -0.3 is 5.32 Å². The largest absolute Gasteiger partial charge is 0.312 e. The number of nitrogens with one attached hydrogen (secondary N) is 1. The van der Waals surface area contributed by atoms with Gasteiger partial charge in [-0.1, -0.05) is 39.7 Å². The molecule has 1 N–H and O–H groups in total. The minimum absolute atomic E-state index is 0.321. The summed E-state index contributed by atoms with van der Waals surface area (Å²) in [5, 5.41) is 3.34.